The molecular formula is C19H17BrClF3OS. The van der Waals surface area contributed by atoms with Gasteiger partial charge >= 0.3 is 6.18 Å². The molecule has 1 nitrogen and oxygen atoms in total. The van der Waals surface area contributed by atoms with Crippen LogP contribution in [0.2, 0.25) is 5.02 Å². The van der Waals surface area contributed by atoms with Gasteiger partial charge in [0.25, 0.3) is 0 Å². The third-order valence-electron chi connectivity index (χ3n) is 4.40. The predicted molar refractivity (Wildman–Crippen MR) is 103 cm³/mol. The zero-order chi connectivity index (χ0) is 18.9. The average molecular weight is 466 g/mol. The van der Waals surface area contributed by atoms with Gasteiger partial charge in [-0.2, -0.15) is 13.2 Å². The highest BCUT2D eigenvalue weighted by molar-refractivity contribution is 9.10. The molecule has 0 saturated carbocycles. The molecule has 1 aliphatic heterocycles. The van der Waals surface area contributed by atoms with Gasteiger partial charge in [0.1, 0.15) is 0 Å². The van der Waals surface area contributed by atoms with Crippen molar-refractivity contribution in [3.05, 3.63) is 63.1 Å². The van der Waals surface area contributed by atoms with Gasteiger partial charge in [0, 0.05) is 25.7 Å². The predicted octanol–water partition coefficient (Wildman–Crippen LogP) is 7.52. The Bertz CT molecular complexity index is 799. The van der Waals surface area contributed by atoms with Crippen molar-refractivity contribution in [2.75, 3.05) is 6.61 Å². The van der Waals surface area contributed by atoms with Crippen molar-refractivity contribution < 1.29 is 17.9 Å². The monoisotopic (exact) mass is 464 g/mol. The lowest BCUT2D eigenvalue weighted by Gasteiger charge is -2.38. The fourth-order valence-corrected chi connectivity index (χ4v) is 5.31. The van der Waals surface area contributed by atoms with E-state index in [2.05, 4.69) is 22.9 Å². The fraction of sp³-hybridized carbons (Fsp3) is 0.368. The van der Waals surface area contributed by atoms with Gasteiger partial charge in [-0.15, -0.1) is 11.8 Å². The Morgan fingerprint density at radius 3 is 2.69 bits per heavy atom. The highest BCUT2D eigenvalue weighted by Gasteiger charge is 2.36. The normalized spacial score (nSPS) is 23.8. The summed E-state index contributed by atoms with van der Waals surface area (Å²) >= 11 is 11.0. The summed E-state index contributed by atoms with van der Waals surface area (Å²) in [6.45, 7) is 2.64. The minimum atomic E-state index is -4.33. The summed E-state index contributed by atoms with van der Waals surface area (Å²) in [6.07, 6.45) is -2.98. The van der Waals surface area contributed by atoms with Gasteiger partial charge < -0.3 is 4.74 Å². The SMILES string of the molecule is CC1(Sc2cccc(C(F)(F)F)c2)CCOC(c2ccc(Cl)cc2Br)C1. The van der Waals surface area contributed by atoms with Crippen LogP contribution in [0.1, 0.15) is 37.0 Å². The number of thioether (sulfide) groups is 1. The van der Waals surface area contributed by atoms with E-state index in [0.717, 1.165) is 22.5 Å². The van der Waals surface area contributed by atoms with Crippen molar-refractivity contribution in [3.63, 3.8) is 0 Å². The van der Waals surface area contributed by atoms with E-state index >= 15 is 0 Å². The molecule has 1 saturated heterocycles. The van der Waals surface area contributed by atoms with Crippen LogP contribution in [-0.2, 0) is 10.9 Å². The first-order valence-electron chi connectivity index (χ1n) is 8.09. The summed E-state index contributed by atoms with van der Waals surface area (Å²) in [7, 11) is 0. The Labute approximate surface area is 168 Å². The van der Waals surface area contributed by atoms with Crippen LogP contribution in [0.15, 0.2) is 51.8 Å². The van der Waals surface area contributed by atoms with E-state index in [9.17, 15) is 13.2 Å². The van der Waals surface area contributed by atoms with Crippen molar-refractivity contribution in [2.45, 2.75) is 41.7 Å². The second-order valence-electron chi connectivity index (χ2n) is 6.56. The van der Waals surface area contributed by atoms with E-state index < -0.39 is 11.7 Å². The van der Waals surface area contributed by atoms with E-state index in [1.54, 1.807) is 6.07 Å². The largest absolute Gasteiger partial charge is 0.416 e. The molecule has 3 rings (SSSR count). The molecule has 0 amide bonds. The first-order chi connectivity index (χ1) is 12.2. The average Bonchev–Trinajstić information content (AvgIpc) is 2.54. The Balaban J connectivity index is 1.79. The molecule has 0 spiro atoms. The van der Waals surface area contributed by atoms with Gasteiger partial charge in [0.15, 0.2) is 0 Å². The Kier molecular flexibility index (Phi) is 5.97. The number of halogens is 5. The van der Waals surface area contributed by atoms with Crippen LogP contribution in [-0.4, -0.2) is 11.4 Å². The third kappa shape index (κ3) is 4.77. The minimum absolute atomic E-state index is 0.126. The summed E-state index contributed by atoms with van der Waals surface area (Å²) in [6, 6.07) is 11.1. The zero-order valence-corrected chi connectivity index (χ0v) is 17.1. The molecule has 1 fully saturated rings. The number of benzene rings is 2. The van der Waals surface area contributed by atoms with E-state index in [-0.39, 0.29) is 10.9 Å². The molecule has 2 aromatic carbocycles. The first-order valence-corrected chi connectivity index (χ1v) is 10.1. The number of ether oxygens (including phenoxy) is 1. The molecular weight excluding hydrogens is 449 g/mol. The minimum Gasteiger partial charge on any atom is -0.373 e. The molecule has 0 bridgehead atoms. The molecule has 26 heavy (non-hydrogen) atoms. The lowest BCUT2D eigenvalue weighted by atomic mass is 9.92. The van der Waals surface area contributed by atoms with Crippen LogP contribution in [0.25, 0.3) is 0 Å². The molecule has 1 aliphatic rings. The fourth-order valence-electron chi connectivity index (χ4n) is 3.05. The van der Waals surface area contributed by atoms with Crippen LogP contribution in [0.4, 0.5) is 13.2 Å². The summed E-state index contributed by atoms with van der Waals surface area (Å²) in [5, 5.41) is 0.637. The standard InChI is InChI=1S/C19H17BrClF3OS/c1-18(26-14-4-2-3-12(9-14)19(22,23)24)7-8-25-17(11-18)15-6-5-13(21)10-16(15)20/h2-6,9-10,17H,7-8,11H2,1H3. The van der Waals surface area contributed by atoms with Gasteiger partial charge in [-0.1, -0.05) is 39.7 Å². The van der Waals surface area contributed by atoms with Crippen LogP contribution >= 0.6 is 39.3 Å². The number of hydrogen-bond acceptors (Lipinski definition) is 2. The molecule has 7 heteroatoms. The third-order valence-corrected chi connectivity index (χ3v) is 6.68. The maximum absolute atomic E-state index is 13.0. The van der Waals surface area contributed by atoms with E-state index in [0.29, 0.717) is 22.9 Å². The van der Waals surface area contributed by atoms with E-state index in [1.807, 2.05) is 18.2 Å². The van der Waals surface area contributed by atoms with E-state index in [1.165, 1.54) is 23.9 Å². The molecule has 2 aromatic rings. The molecule has 140 valence electrons. The Morgan fingerprint density at radius 1 is 1.23 bits per heavy atom. The maximum Gasteiger partial charge on any atom is 0.416 e. The molecule has 2 unspecified atom stereocenters. The summed E-state index contributed by atoms with van der Waals surface area (Å²) in [5.74, 6) is 0. The second kappa shape index (κ2) is 7.74. The van der Waals surface area contributed by atoms with Gasteiger partial charge in [0.2, 0.25) is 0 Å². The van der Waals surface area contributed by atoms with Crippen molar-refractivity contribution >= 4 is 39.3 Å². The molecule has 0 aromatic heterocycles. The smallest absolute Gasteiger partial charge is 0.373 e. The van der Waals surface area contributed by atoms with Gasteiger partial charge in [-0.3, -0.25) is 0 Å². The van der Waals surface area contributed by atoms with E-state index in [4.69, 9.17) is 16.3 Å². The molecule has 2 atom stereocenters. The summed E-state index contributed by atoms with van der Waals surface area (Å²) in [5.41, 5.74) is 0.389. The Hall–Kier alpha value is -0.690. The van der Waals surface area contributed by atoms with Gasteiger partial charge in [0.05, 0.1) is 11.7 Å². The van der Waals surface area contributed by atoms with Crippen LogP contribution < -0.4 is 0 Å². The van der Waals surface area contributed by atoms with Crippen molar-refractivity contribution in [2.24, 2.45) is 0 Å². The topological polar surface area (TPSA) is 9.23 Å². The van der Waals surface area contributed by atoms with Crippen molar-refractivity contribution in [1.82, 2.24) is 0 Å². The first kappa shape index (κ1) is 20.1. The van der Waals surface area contributed by atoms with Crippen molar-refractivity contribution in [1.29, 1.82) is 0 Å². The highest BCUT2D eigenvalue weighted by atomic mass is 79.9. The van der Waals surface area contributed by atoms with Gasteiger partial charge in [-0.25, -0.2) is 0 Å². The summed E-state index contributed by atoms with van der Waals surface area (Å²) < 4.78 is 45.5. The van der Waals surface area contributed by atoms with Crippen LogP contribution in [0.3, 0.4) is 0 Å². The zero-order valence-electron chi connectivity index (χ0n) is 13.9. The highest BCUT2D eigenvalue weighted by Crippen LogP contribution is 2.47. The quantitative estimate of drug-likeness (QED) is 0.463. The van der Waals surface area contributed by atoms with Crippen LogP contribution in [0.5, 0.6) is 0 Å². The molecule has 0 aliphatic carbocycles. The molecule has 0 N–H and O–H groups in total. The number of alkyl halides is 3. The van der Waals surface area contributed by atoms with Crippen LogP contribution in [0, 0.1) is 0 Å². The number of rotatable bonds is 3. The number of hydrogen-bond donors (Lipinski definition) is 0. The lowest BCUT2D eigenvalue weighted by Crippen LogP contribution is -2.32. The second-order valence-corrected chi connectivity index (χ2v) is 9.51. The molecule has 0 radical (unpaired) electrons. The lowest BCUT2D eigenvalue weighted by molar-refractivity contribution is -0.137. The Morgan fingerprint density at radius 2 is 2.00 bits per heavy atom. The van der Waals surface area contributed by atoms with Gasteiger partial charge in [-0.05, 0) is 55.7 Å². The molecule has 1 heterocycles. The van der Waals surface area contributed by atoms with Crippen molar-refractivity contribution in [3.8, 4) is 0 Å². The maximum atomic E-state index is 13.0. The summed E-state index contributed by atoms with van der Waals surface area (Å²) in [4.78, 5) is 0.623.